The van der Waals surface area contributed by atoms with Crippen LogP contribution >= 0.6 is 0 Å². The van der Waals surface area contributed by atoms with E-state index in [-0.39, 0.29) is 0 Å². The molecule has 0 bridgehead atoms. The van der Waals surface area contributed by atoms with Gasteiger partial charge < -0.3 is 5.32 Å². The highest BCUT2D eigenvalue weighted by molar-refractivity contribution is 5.68. The Morgan fingerprint density at radius 1 is 1.17 bits per heavy atom. The minimum absolute atomic E-state index is 0.615. The summed E-state index contributed by atoms with van der Waals surface area (Å²) < 4.78 is 0. The zero-order chi connectivity index (χ0) is 13.1. The van der Waals surface area contributed by atoms with Crippen molar-refractivity contribution < 1.29 is 0 Å². The zero-order valence-electron chi connectivity index (χ0n) is 11.5. The summed E-state index contributed by atoms with van der Waals surface area (Å²) in [5.74, 6) is 1.57. The number of nitrogens with one attached hydrogen (secondary N) is 2. The van der Waals surface area contributed by atoms with Crippen LogP contribution in [0.3, 0.4) is 0 Å². The largest absolute Gasteiger partial charge is 0.368 e. The van der Waals surface area contributed by atoms with Gasteiger partial charge in [-0.2, -0.15) is 5.10 Å². The summed E-state index contributed by atoms with van der Waals surface area (Å²) in [4.78, 5) is 0. The van der Waals surface area contributed by atoms with Gasteiger partial charge in [-0.3, -0.25) is 5.10 Å². The third kappa shape index (κ3) is 2.73. The van der Waals surface area contributed by atoms with E-state index >= 15 is 0 Å². The SMILES string of the molecule is Cc1ccc(-c2[nH]nc(NCC(C)C)c2C)cc1. The number of H-pyrrole nitrogens is 1. The second-order valence-electron chi connectivity index (χ2n) is 5.21. The van der Waals surface area contributed by atoms with Crippen molar-refractivity contribution in [1.82, 2.24) is 10.2 Å². The maximum absolute atomic E-state index is 4.35. The molecule has 0 spiro atoms. The Labute approximate surface area is 109 Å². The number of aromatic amines is 1. The Kier molecular flexibility index (Phi) is 3.70. The number of benzene rings is 1. The fourth-order valence-corrected chi connectivity index (χ4v) is 1.87. The van der Waals surface area contributed by atoms with E-state index in [4.69, 9.17) is 0 Å². The molecule has 0 amide bonds. The molecule has 1 aromatic carbocycles. The van der Waals surface area contributed by atoms with Gasteiger partial charge in [0.05, 0.1) is 5.69 Å². The summed E-state index contributed by atoms with van der Waals surface area (Å²) in [7, 11) is 0. The summed E-state index contributed by atoms with van der Waals surface area (Å²) in [6, 6.07) is 8.50. The predicted molar refractivity (Wildman–Crippen MR) is 76.8 cm³/mol. The van der Waals surface area contributed by atoms with Crippen LogP contribution in [0.25, 0.3) is 11.3 Å². The lowest BCUT2D eigenvalue weighted by Crippen LogP contribution is -2.08. The standard InChI is InChI=1S/C15H21N3/c1-10(2)9-16-15-12(4)14(17-18-15)13-7-5-11(3)6-8-13/h5-8,10H,9H2,1-4H3,(H2,16,17,18). The molecule has 3 nitrogen and oxygen atoms in total. The summed E-state index contributed by atoms with van der Waals surface area (Å²) in [5.41, 5.74) is 4.73. The van der Waals surface area contributed by atoms with Crippen LogP contribution in [0, 0.1) is 19.8 Å². The fraction of sp³-hybridized carbons (Fsp3) is 0.400. The predicted octanol–water partition coefficient (Wildman–Crippen LogP) is 3.76. The fourth-order valence-electron chi connectivity index (χ4n) is 1.87. The molecule has 0 saturated carbocycles. The first-order chi connectivity index (χ1) is 8.58. The van der Waals surface area contributed by atoms with Gasteiger partial charge in [0, 0.05) is 12.1 Å². The number of hydrogen-bond donors (Lipinski definition) is 2. The van der Waals surface area contributed by atoms with Gasteiger partial charge in [0.15, 0.2) is 5.82 Å². The summed E-state index contributed by atoms with van der Waals surface area (Å²) in [6.07, 6.45) is 0. The number of aromatic nitrogens is 2. The van der Waals surface area contributed by atoms with Crippen molar-refractivity contribution in [3.05, 3.63) is 35.4 Å². The van der Waals surface area contributed by atoms with Crippen LogP contribution in [0.1, 0.15) is 25.0 Å². The van der Waals surface area contributed by atoms with E-state index in [2.05, 4.69) is 67.5 Å². The Balaban J connectivity index is 2.22. The first kappa shape index (κ1) is 12.7. The lowest BCUT2D eigenvalue weighted by molar-refractivity contribution is 0.686. The van der Waals surface area contributed by atoms with Crippen molar-refractivity contribution in [2.24, 2.45) is 5.92 Å². The average Bonchev–Trinajstić information content (AvgIpc) is 2.69. The average molecular weight is 243 g/mol. The molecule has 0 aliphatic carbocycles. The summed E-state index contributed by atoms with van der Waals surface area (Å²) >= 11 is 0. The molecule has 1 heterocycles. The second-order valence-corrected chi connectivity index (χ2v) is 5.21. The lowest BCUT2D eigenvalue weighted by atomic mass is 10.1. The first-order valence-corrected chi connectivity index (χ1v) is 6.44. The Morgan fingerprint density at radius 3 is 2.44 bits per heavy atom. The highest BCUT2D eigenvalue weighted by atomic mass is 15.2. The van der Waals surface area contributed by atoms with E-state index in [0.29, 0.717) is 5.92 Å². The number of hydrogen-bond acceptors (Lipinski definition) is 2. The first-order valence-electron chi connectivity index (χ1n) is 6.44. The van der Waals surface area contributed by atoms with Crippen molar-refractivity contribution in [2.45, 2.75) is 27.7 Å². The molecular formula is C15H21N3. The molecule has 0 unspecified atom stereocenters. The van der Waals surface area contributed by atoms with Gasteiger partial charge >= 0.3 is 0 Å². The highest BCUT2D eigenvalue weighted by Gasteiger charge is 2.10. The molecule has 2 N–H and O–H groups in total. The highest BCUT2D eigenvalue weighted by Crippen LogP contribution is 2.26. The van der Waals surface area contributed by atoms with Gasteiger partial charge in [0.25, 0.3) is 0 Å². The number of nitrogens with zero attached hydrogens (tertiary/aromatic N) is 1. The monoisotopic (exact) mass is 243 g/mol. The molecule has 0 radical (unpaired) electrons. The molecule has 2 rings (SSSR count). The number of rotatable bonds is 4. The molecule has 3 heteroatoms. The number of aryl methyl sites for hydroxylation is 1. The van der Waals surface area contributed by atoms with Gasteiger partial charge in [-0.15, -0.1) is 0 Å². The molecular weight excluding hydrogens is 222 g/mol. The maximum atomic E-state index is 4.35. The maximum Gasteiger partial charge on any atom is 0.151 e. The third-order valence-corrected chi connectivity index (χ3v) is 3.03. The van der Waals surface area contributed by atoms with Crippen LogP contribution < -0.4 is 5.32 Å². The molecule has 18 heavy (non-hydrogen) atoms. The molecule has 96 valence electrons. The van der Waals surface area contributed by atoms with E-state index in [0.717, 1.165) is 18.1 Å². The van der Waals surface area contributed by atoms with Gasteiger partial charge in [-0.25, -0.2) is 0 Å². The quantitative estimate of drug-likeness (QED) is 0.858. The smallest absolute Gasteiger partial charge is 0.151 e. The second kappa shape index (κ2) is 5.25. The van der Waals surface area contributed by atoms with E-state index in [9.17, 15) is 0 Å². The zero-order valence-corrected chi connectivity index (χ0v) is 11.5. The van der Waals surface area contributed by atoms with Crippen molar-refractivity contribution in [3.8, 4) is 11.3 Å². The van der Waals surface area contributed by atoms with Crippen LogP contribution in [-0.4, -0.2) is 16.7 Å². The van der Waals surface area contributed by atoms with Crippen molar-refractivity contribution >= 4 is 5.82 Å². The molecule has 1 aromatic heterocycles. The Hall–Kier alpha value is -1.77. The Morgan fingerprint density at radius 2 is 1.83 bits per heavy atom. The van der Waals surface area contributed by atoms with Gasteiger partial charge in [-0.1, -0.05) is 43.7 Å². The lowest BCUT2D eigenvalue weighted by Gasteiger charge is -2.07. The van der Waals surface area contributed by atoms with E-state index in [1.54, 1.807) is 0 Å². The van der Waals surface area contributed by atoms with Crippen LogP contribution in [0.4, 0.5) is 5.82 Å². The number of anilines is 1. The van der Waals surface area contributed by atoms with Crippen molar-refractivity contribution in [2.75, 3.05) is 11.9 Å². The van der Waals surface area contributed by atoms with E-state index in [1.165, 1.54) is 16.7 Å². The van der Waals surface area contributed by atoms with Crippen molar-refractivity contribution in [1.29, 1.82) is 0 Å². The topological polar surface area (TPSA) is 40.7 Å². The minimum Gasteiger partial charge on any atom is -0.368 e. The summed E-state index contributed by atoms with van der Waals surface area (Å²) in [6.45, 7) is 9.52. The van der Waals surface area contributed by atoms with Gasteiger partial charge in [0.1, 0.15) is 0 Å². The van der Waals surface area contributed by atoms with Crippen LogP contribution in [0.5, 0.6) is 0 Å². The van der Waals surface area contributed by atoms with Crippen LogP contribution in [0.2, 0.25) is 0 Å². The molecule has 0 fully saturated rings. The molecule has 0 saturated heterocycles. The van der Waals surface area contributed by atoms with Crippen molar-refractivity contribution in [3.63, 3.8) is 0 Å². The molecule has 0 atom stereocenters. The third-order valence-electron chi connectivity index (χ3n) is 3.03. The normalized spacial score (nSPS) is 10.9. The van der Waals surface area contributed by atoms with Gasteiger partial charge in [-0.05, 0) is 25.3 Å². The van der Waals surface area contributed by atoms with Crippen LogP contribution in [-0.2, 0) is 0 Å². The van der Waals surface area contributed by atoms with Crippen LogP contribution in [0.15, 0.2) is 24.3 Å². The molecule has 0 aliphatic rings. The van der Waals surface area contributed by atoms with E-state index in [1.807, 2.05) is 0 Å². The molecule has 2 aromatic rings. The Bertz CT molecular complexity index is 509. The minimum atomic E-state index is 0.615. The summed E-state index contributed by atoms with van der Waals surface area (Å²) in [5, 5.41) is 10.8. The van der Waals surface area contributed by atoms with Gasteiger partial charge in [0.2, 0.25) is 0 Å². The molecule has 0 aliphatic heterocycles. The van der Waals surface area contributed by atoms with E-state index < -0.39 is 0 Å².